The van der Waals surface area contributed by atoms with Crippen molar-refractivity contribution in [3.8, 4) is 5.75 Å². The Bertz CT molecular complexity index is 550. The van der Waals surface area contributed by atoms with Crippen molar-refractivity contribution in [2.24, 2.45) is 10.7 Å². The number of hydrogen-bond acceptors (Lipinski definition) is 4. The van der Waals surface area contributed by atoms with Crippen molar-refractivity contribution in [2.45, 2.75) is 18.6 Å². The Hall–Kier alpha value is -1.54. The van der Waals surface area contributed by atoms with Gasteiger partial charge in [0, 0.05) is 6.54 Å². The van der Waals surface area contributed by atoms with Crippen LogP contribution in [-0.4, -0.2) is 31.5 Å². The fourth-order valence-electron chi connectivity index (χ4n) is 1.81. The SMILES string of the molecule is NC(C1=NCCN1)c1cccc(OC(F)C(F)(F)F)c1Cl. The molecule has 2 unspecified atom stereocenters. The van der Waals surface area contributed by atoms with Crippen LogP contribution < -0.4 is 15.8 Å². The van der Waals surface area contributed by atoms with Crippen LogP contribution in [0.3, 0.4) is 0 Å². The maximum Gasteiger partial charge on any atom is 0.457 e. The molecule has 0 amide bonds. The van der Waals surface area contributed by atoms with Crippen molar-refractivity contribution >= 4 is 17.4 Å². The maximum atomic E-state index is 12.9. The molecule has 1 aromatic rings. The minimum Gasteiger partial charge on any atom is -0.451 e. The molecule has 1 aliphatic rings. The fourth-order valence-corrected chi connectivity index (χ4v) is 2.10. The van der Waals surface area contributed by atoms with Crippen LogP contribution in [0.25, 0.3) is 0 Å². The highest BCUT2D eigenvalue weighted by Crippen LogP contribution is 2.35. The van der Waals surface area contributed by atoms with Crippen molar-refractivity contribution in [1.82, 2.24) is 5.32 Å². The van der Waals surface area contributed by atoms with E-state index in [-0.39, 0.29) is 5.02 Å². The molecule has 0 spiro atoms. The van der Waals surface area contributed by atoms with E-state index < -0.39 is 24.3 Å². The number of alkyl halides is 4. The van der Waals surface area contributed by atoms with Gasteiger partial charge in [-0.15, -0.1) is 0 Å². The molecule has 0 saturated carbocycles. The highest BCUT2D eigenvalue weighted by molar-refractivity contribution is 6.33. The molecule has 0 radical (unpaired) electrons. The molecule has 2 rings (SSSR count). The second kappa shape index (κ2) is 6.07. The van der Waals surface area contributed by atoms with E-state index in [4.69, 9.17) is 17.3 Å². The van der Waals surface area contributed by atoms with Crippen molar-refractivity contribution in [1.29, 1.82) is 0 Å². The van der Waals surface area contributed by atoms with Gasteiger partial charge >= 0.3 is 12.5 Å². The Morgan fingerprint density at radius 3 is 2.67 bits per heavy atom. The van der Waals surface area contributed by atoms with Gasteiger partial charge in [0.2, 0.25) is 0 Å². The molecule has 0 bridgehead atoms. The van der Waals surface area contributed by atoms with Gasteiger partial charge in [0.25, 0.3) is 0 Å². The van der Waals surface area contributed by atoms with Crippen LogP contribution >= 0.6 is 11.6 Å². The van der Waals surface area contributed by atoms with E-state index >= 15 is 0 Å². The lowest BCUT2D eigenvalue weighted by atomic mass is 10.1. The van der Waals surface area contributed by atoms with Crippen LogP contribution in [-0.2, 0) is 0 Å². The predicted molar refractivity (Wildman–Crippen MR) is 70.3 cm³/mol. The zero-order valence-corrected chi connectivity index (χ0v) is 11.4. The molecule has 0 aliphatic carbocycles. The van der Waals surface area contributed by atoms with Gasteiger partial charge in [-0.2, -0.15) is 17.6 Å². The number of ether oxygens (including phenoxy) is 1. The third-order valence-corrected chi connectivity index (χ3v) is 3.22. The van der Waals surface area contributed by atoms with Gasteiger partial charge in [-0.25, -0.2) is 0 Å². The van der Waals surface area contributed by atoms with Crippen molar-refractivity contribution in [3.05, 3.63) is 28.8 Å². The molecule has 1 aromatic carbocycles. The molecule has 4 nitrogen and oxygen atoms in total. The molecule has 2 atom stereocenters. The molecule has 0 fully saturated rings. The summed E-state index contributed by atoms with van der Waals surface area (Å²) < 4.78 is 53.7. The van der Waals surface area contributed by atoms with Crippen LogP contribution in [0.5, 0.6) is 5.75 Å². The van der Waals surface area contributed by atoms with Crippen molar-refractivity contribution < 1.29 is 22.3 Å². The highest BCUT2D eigenvalue weighted by Gasteiger charge is 2.43. The lowest BCUT2D eigenvalue weighted by Crippen LogP contribution is -2.32. The summed E-state index contributed by atoms with van der Waals surface area (Å²) in [6.07, 6.45) is -8.58. The first kappa shape index (κ1) is 15.8. The van der Waals surface area contributed by atoms with Gasteiger partial charge in [0.05, 0.1) is 17.6 Å². The monoisotopic (exact) mass is 325 g/mol. The molecule has 21 heavy (non-hydrogen) atoms. The number of nitrogens with two attached hydrogens (primary N) is 1. The Labute approximate surface area is 122 Å². The third kappa shape index (κ3) is 3.56. The minimum atomic E-state index is -5.13. The van der Waals surface area contributed by atoms with E-state index in [1.807, 2.05) is 0 Å². The number of nitrogens with zero attached hydrogens (tertiary/aromatic N) is 1. The lowest BCUT2D eigenvalue weighted by Gasteiger charge is -2.19. The van der Waals surface area contributed by atoms with Gasteiger partial charge < -0.3 is 15.8 Å². The molecule has 0 aromatic heterocycles. The minimum absolute atomic E-state index is 0.173. The molecular formula is C12H12ClF4N3O. The quantitative estimate of drug-likeness (QED) is 0.837. The van der Waals surface area contributed by atoms with E-state index in [0.717, 1.165) is 6.07 Å². The first-order chi connectivity index (χ1) is 9.80. The van der Waals surface area contributed by atoms with E-state index in [9.17, 15) is 17.6 Å². The summed E-state index contributed by atoms with van der Waals surface area (Å²) in [4.78, 5) is 4.11. The van der Waals surface area contributed by atoms with Crippen LogP contribution in [0.4, 0.5) is 17.6 Å². The highest BCUT2D eigenvalue weighted by atomic mass is 35.5. The molecular weight excluding hydrogens is 314 g/mol. The number of rotatable bonds is 4. The van der Waals surface area contributed by atoms with Crippen molar-refractivity contribution in [3.63, 3.8) is 0 Å². The lowest BCUT2D eigenvalue weighted by molar-refractivity contribution is -0.236. The summed E-state index contributed by atoms with van der Waals surface area (Å²) in [7, 11) is 0. The largest absolute Gasteiger partial charge is 0.457 e. The second-order valence-electron chi connectivity index (χ2n) is 4.31. The normalized spacial score (nSPS) is 17.9. The number of nitrogens with one attached hydrogen (secondary N) is 1. The topological polar surface area (TPSA) is 59.6 Å². The zero-order valence-electron chi connectivity index (χ0n) is 10.6. The molecule has 116 valence electrons. The van der Waals surface area contributed by atoms with E-state index in [1.165, 1.54) is 12.1 Å². The van der Waals surface area contributed by atoms with E-state index in [0.29, 0.717) is 24.5 Å². The van der Waals surface area contributed by atoms with Crippen molar-refractivity contribution in [2.75, 3.05) is 13.1 Å². The summed E-state index contributed by atoms with van der Waals surface area (Å²) in [5, 5.41) is 2.77. The summed E-state index contributed by atoms with van der Waals surface area (Å²) >= 11 is 5.95. The second-order valence-corrected chi connectivity index (χ2v) is 4.68. The Kier molecular flexibility index (Phi) is 4.58. The van der Waals surface area contributed by atoms with Crippen LogP contribution in [0, 0.1) is 0 Å². The third-order valence-electron chi connectivity index (χ3n) is 2.81. The summed E-state index contributed by atoms with van der Waals surface area (Å²) in [5.41, 5.74) is 6.24. The Morgan fingerprint density at radius 1 is 1.38 bits per heavy atom. The zero-order chi connectivity index (χ0) is 15.6. The number of hydrogen-bond donors (Lipinski definition) is 2. The Morgan fingerprint density at radius 2 is 2.10 bits per heavy atom. The first-order valence-corrected chi connectivity index (χ1v) is 6.38. The fraction of sp³-hybridized carbons (Fsp3) is 0.417. The first-order valence-electron chi connectivity index (χ1n) is 6.00. The van der Waals surface area contributed by atoms with Gasteiger partial charge in [-0.05, 0) is 11.6 Å². The van der Waals surface area contributed by atoms with E-state index in [1.54, 1.807) is 0 Å². The predicted octanol–water partition coefficient (Wildman–Crippen LogP) is 2.58. The average Bonchev–Trinajstić information content (AvgIpc) is 2.93. The smallest absolute Gasteiger partial charge is 0.451 e. The summed E-state index contributed by atoms with van der Waals surface area (Å²) in [5.74, 6) is 0.0507. The molecule has 1 heterocycles. The summed E-state index contributed by atoms with van der Waals surface area (Å²) in [6.45, 7) is 1.18. The van der Waals surface area contributed by atoms with Gasteiger partial charge in [-0.3, -0.25) is 4.99 Å². The molecule has 1 aliphatic heterocycles. The number of amidine groups is 1. The number of aliphatic imine (C=N–C) groups is 1. The maximum absolute atomic E-state index is 12.9. The van der Waals surface area contributed by atoms with Gasteiger partial charge in [0.15, 0.2) is 0 Å². The van der Waals surface area contributed by atoms with Gasteiger partial charge in [0.1, 0.15) is 11.6 Å². The van der Waals surface area contributed by atoms with Crippen LogP contribution in [0.2, 0.25) is 5.02 Å². The Balaban J connectivity index is 2.24. The number of benzene rings is 1. The van der Waals surface area contributed by atoms with Gasteiger partial charge in [-0.1, -0.05) is 23.7 Å². The van der Waals surface area contributed by atoms with Crippen LogP contribution in [0.15, 0.2) is 23.2 Å². The standard InChI is InChI=1S/C12H12ClF4N3O/c13-8-6(9(18)10-19-4-5-20-10)2-1-3-7(8)21-11(14)12(15,16)17/h1-3,9,11H,4-5,18H2,(H,19,20). The molecule has 0 saturated heterocycles. The molecule has 3 N–H and O–H groups in total. The van der Waals surface area contributed by atoms with Crippen LogP contribution in [0.1, 0.15) is 11.6 Å². The summed E-state index contributed by atoms with van der Waals surface area (Å²) in [6, 6.07) is 3.30. The number of halogens is 5. The molecule has 9 heteroatoms. The van der Waals surface area contributed by atoms with E-state index in [2.05, 4.69) is 15.0 Å². The average molecular weight is 326 g/mol.